The molecule has 0 aliphatic rings. The molecular weight excluding hydrogens is 366 g/mol. The molecule has 130 valence electrons. The Morgan fingerprint density at radius 3 is 2.29 bits per heavy atom. The lowest BCUT2D eigenvalue weighted by Crippen LogP contribution is -2.17. The molecule has 0 saturated heterocycles. The van der Waals surface area contributed by atoms with Gasteiger partial charge in [0.05, 0.1) is 10.6 Å². The lowest BCUT2D eigenvalue weighted by atomic mass is 10.3. The third kappa shape index (κ3) is 4.05. The minimum absolute atomic E-state index is 0.0967. The minimum atomic E-state index is -4.73. The van der Waals surface area contributed by atoms with Gasteiger partial charge in [0.25, 0.3) is 20.2 Å². The molecule has 2 rings (SSSR count). The molecule has 1 aromatic carbocycles. The van der Waals surface area contributed by atoms with Crippen LogP contribution in [0.4, 0.5) is 17.6 Å². The van der Waals surface area contributed by atoms with E-state index in [4.69, 9.17) is 4.55 Å². The van der Waals surface area contributed by atoms with Gasteiger partial charge in [-0.15, -0.1) is 0 Å². The summed E-state index contributed by atoms with van der Waals surface area (Å²) in [5, 5.41) is 4.83. The van der Waals surface area contributed by atoms with Crippen LogP contribution in [0.3, 0.4) is 0 Å². The molecule has 2 aromatic rings. The van der Waals surface area contributed by atoms with E-state index in [2.05, 4.69) is 25.6 Å². The van der Waals surface area contributed by atoms with E-state index < -0.39 is 41.4 Å². The SMILES string of the molecule is CNc1nc(Nc2cc(S(=O)(=O)O)ccc2S(=O)(=O)O)[nH]c(=O)n1. The molecule has 24 heavy (non-hydrogen) atoms. The van der Waals surface area contributed by atoms with Gasteiger partial charge in [-0.2, -0.15) is 26.8 Å². The average molecular weight is 377 g/mol. The predicted molar refractivity (Wildman–Crippen MR) is 81.6 cm³/mol. The summed E-state index contributed by atoms with van der Waals surface area (Å²) < 4.78 is 63.4. The van der Waals surface area contributed by atoms with Crippen molar-refractivity contribution in [3.63, 3.8) is 0 Å². The Bertz CT molecular complexity index is 1050. The van der Waals surface area contributed by atoms with Crippen LogP contribution in [0.5, 0.6) is 0 Å². The number of aromatic nitrogens is 3. The fourth-order valence-electron chi connectivity index (χ4n) is 1.68. The Morgan fingerprint density at radius 2 is 1.75 bits per heavy atom. The Hall–Kier alpha value is -2.55. The first-order valence-corrected chi connectivity index (χ1v) is 8.91. The maximum atomic E-state index is 11.4. The maximum absolute atomic E-state index is 11.4. The van der Waals surface area contributed by atoms with Gasteiger partial charge in [0, 0.05) is 7.05 Å². The summed E-state index contributed by atoms with van der Waals surface area (Å²) in [4.78, 5) is 19.4. The van der Waals surface area contributed by atoms with Gasteiger partial charge in [-0.3, -0.25) is 14.1 Å². The van der Waals surface area contributed by atoms with Gasteiger partial charge in [0.2, 0.25) is 11.9 Å². The normalized spacial score (nSPS) is 12.0. The Labute approximate surface area is 135 Å². The molecule has 12 nitrogen and oxygen atoms in total. The monoisotopic (exact) mass is 377 g/mol. The molecule has 1 aromatic heterocycles. The fourth-order valence-corrected chi connectivity index (χ4v) is 2.81. The van der Waals surface area contributed by atoms with Gasteiger partial charge in [-0.1, -0.05) is 0 Å². The van der Waals surface area contributed by atoms with Gasteiger partial charge in [0.15, 0.2) is 0 Å². The highest BCUT2D eigenvalue weighted by Gasteiger charge is 2.20. The van der Waals surface area contributed by atoms with Gasteiger partial charge in [-0.25, -0.2) is 4.79 Å². The third-order valence-electron chi connectivity index (χ3n) is 2.65. The van der Waals surface area contributed by atoms with Crippen molar-refractivity contribution in [2.24, 2.45) is 0 Å². The molecule has 0 saturated carbocycles. The van der Waals surface area contributed by atoms with E-state index in [1.807, 2.05) is 0 Å². The number of nitrogens with one attached hydrogen (secondary N) is 3. The van der Waals surface area contributed by atoms with Crippen molar-refractivity contribution in [1.82, 2.24) is 15.0 Å². The topological polar surface area (TPSA) is 191 Å². The zero-order valence-corrected chi connectivity index (χ0v) is 13.5. The first-order valence-electron chi connectivity index (χ1n) is 6.03. The molecule has 0 spiro atoms. The number of nitrogens with zero attached hydrogens (tertiary/aromatic N) is 2. The van der Waals surface area contributed by atoms with Crippen LogP contribution in [-0.2, 0) is 20.2 Å². The van der Waals surface area contributed by atoms with Gasteiger partial charge >= 0.3 is 5.69 Å². The van der Waals surface area contributed by atoms with Crippen LogP contribution in [-0.4, -0.2) is 47.9 Å². The van der Waals surface area contributed by atoms with E-state index in [9.17, 15) is 26.2 Å². The van der Waals surface area contributed by atoms with E-state index in [0.717, 1.165) is 18.2 Å². The number of rotatable bonds is 5. The molecule has 0 aliphatic carbocycles. The van der Waals surface area contributed by atoms with Crippen molar-refractivity contribution < 1.29 is 25.9 Å². The number of anilines is 3. The standard InChI is InChI=1S/C10H11N5O7S2/c1-11-8-13-9(15-10(16)14-8)12-6-4-5(23(17,18)19)2-3-7(6)24(20,21)22/h2-4H,1H3,(H,17,18,19)(H,20,21,22)(H3,11,12,13,14,15,16). The van der Waals surface area contributed by atoms with Crippen LogP contribution in [0, 0.1) is 0 Å². The van der Waals surface area contributed by atoms with E-state index in [0.29, 0.717) is 0 Å². The maximum Gasteiger partial charge on any atom is 0.351 e. The Kier molecular flexibility index (Phi) is 4.57. The number of hydrogen-bond acceptors (Lipinski definition) is 9. The van der Waals surface area contributed by atoms with Crippen LogP contribution in [0.1, 0.15) is 0 Å². The molecule has 0 radical (unpaired) electrons. The minimum Gasteiger partial charge on any atom is -0.357 e. The van der Waals surface area contributed by atoms with Crippen LogP contribution in [0.25, 0.3) is 0 Å². The van der Waals surface area contributed by atoms with Crippen LogP contribution in [0.2, 0.25) is 0 Å². The van der Waals surface area contributed by atoms with Gasteiger partial charge in [0.1, 0.15) is 4.90 Å². The van der Waals surface area contributed by atoms with Crippen molar-refractivity contribution in [3.05, 3.63) is 28.7 Å². The number of aromatic amines is 1. The van der Waals surface area contributed by atoms with Crippen molar-refractivity contribution in [2.75, 3.05) is 17.7 Å². The van der Waals surface area contributed by atoms with Gasteiger partial charge < -0.3 is 10.6 Å². The van der Waals surface area contributed by atoms with Crippen LogP contribution >= 0.6 is 0 Å². The Morgan fingerprint density at radius 1 is 1.08 bits per heavy atom. The summed E-state index contributed by atoms with van der Waals surface area (Å²) in [6, 6.07) is 2.29. The highest BCUT2D eigenvalue weighted by atomic mass is 32.2. The number of benzene rings is 1. The first kappa shape index (κ1) is 17.8. The van der Waals surface area contributed by atoms with Gasteiger partial charge in [-0.05, 0) is 18.2 Å². The van der Waals surface area contributed by atoms with Crippen molar-refractivity contribution >= 4 is 37.8 Å². The zero-order valence-electron chi connectivity index (χ0n) is 11.9. The summed E-state index contributed by atoms with van der Waals surface area (Å²) in [5.41, 5.74) is -1.26. The zero-order chi connectivity index (χ0) is 18.1. The quantitative estimate of drug-likeness (QED) is 0.420. The van der Waals surface area contributed by atoms with Crippen LogP contribution < -0.4 is 16.3 Å². The highest BCUT2D eigenvalue weighted by Crippen LogP contribution is 2.26. The molecule has 0 atom stereocenters. The molecule has 0 fully saturated rings. The molecule has 0 aliphatic heterocycles. The molecular formula is C10H11N5O7S2. The van der Waals surface area contributed by atoms with E-state index in [1.54, 1.807) is 0 Å². The van der Waals surface area contributed by atoms with Crippen molar-refractivity contribution in [3.8, 4) is 0 Å². The van der Waals surface area contributed by atoms with Crippen molar-refractivity contribution in [2.45, 2.75) is 9.79 Å². The van der Waals surface area contributed by atoms with E-state index >= 15 is 0 Å². The molecule has 0 amide bonds. The molecule has 0 bridgehead atoms. The first-order chi connectivity index (χ1) is 11.0. The van der Waals surface area contributed by atoms with Crippen molar-refractivity contribution in [1.29, 1.82) is 0 Å². The summed E-state index contributed by atoms with van der Waals surface area (Å²) in [7, 11) is -7.93. The number of hydrogen-bond donors (Lipinski definition) is 5. The molecule has 0 unspecified atom stereocenters. The Balaban J connectivity index is 2.63. The molecule has 5 N–H and O–H groups in total. The number of H-pyrrole nitrogens is 1. The molecule has 14 heteroatoms. The second kappa shape index (κ2) is 6.16. The summed E-state index contributed by atoms with van der Waals surface area (Å²) in [6.07, 6.45) is 0. The van der Waals surface area contributed by atoms with E-state index in [1.165, 1.54) is 7.05 Å². The van der Waals surface area contributed by atoms with E-state index in [-0.39, 0.29) is 11.9 Å². The average Bonchev–Trinajstić information content (AvgIpc) is 2.44. The second-order valence-corrected chi connectivity index (χ2v) is 7.12. The summed E-state index contributed by atoms with van der Waals surface area (Å²) >= 11 is 0. The third-order valence-corrected chi connectivity index (χ3v) is 4.42. The van der Waals surface area contributed by atoms with Crippen LogP contribution in [0.15, 0.2) is 32.8 Å². The second-order valence-electron chi connectivity index (χ2n) is 4.31. The largest absolute Gasteiger partial charge is 0.357 e. The fraction of sp³-hybridized carbons (Fsp3) is 0.100. The summed E-state index contributed by atoms with van der Waals surface area (Å²) in [5.74, 6) is -0.377. The molecule has 1 heterocycles. The highest BCUT2D eigenvalue weighted by molar-refractivity contribution is 7.86. The lowest BCUT2D eigenvalue weighted by molar-refractivity contribution is 0.479. The lowest BCUT2D eigenvalue weighted by Gasteiger charge is -2.11. The summed E-state index contributed by atoms with van der Waals surface area (Å²) in [6.45, 7) is 0. The predicted octanol–water partition coefficient (Wildman–Crippen LogP) is -0.556. The smallest absolute Gasteiger partial charge is 0.351 e.